The van der Waals surface area contributed by atoms with E-state index in [1.54, 1.807) is 12.1 Å². The van der Waals surface area contributed by atoms with Crippen molar-refractivity contribution >= 4 is 21.7 Å². The predicted octanol–water partition coefficient (Wildman–Crippen LogP) is 2.86. The third-order valence-corrected chi connectivity index (χ3v) is 3.92. The van der Waals surface area contributed by atoms with Crippen LogP contribution >= 0.6 is 15.9 Å². The monoisotopic (exact) mass is 343 g/mol. The zero-order chi connectivity index (χ0) is 14.4. The average molecular weight is 344 g/mol. The van der Waals surface area contributed by atoms with Gasteiger partial charge >= 0.3 is 0 Å². The molecule has 1 aromatic rings. The van der Waals surface area contributed by atoms with Crippen molar-refractivity contribution < 1.29 is 13.9 Å². The molecule has 0 atom stereocenters. The first-order valence-electron chi connectivity index (χ1n) is 6.93. The van der Waals surface area contributed by atoms with Crippen LogP contribution in [0.1, 0.15) is 24.8 Å². The molecule has 1 heterocycles. The summed E-state index contributed by atoms with van der Waals surface area (Å²) in [5, 5.41) is 3.26. The van der Waals surface area contributed by atoms with Crippen LogP contribution in [0.3, 0.4) is 0 Å². The first-order valence-corrected chi connectivity index (χ1v) is 7.72. The van der Waals surface area contributed by atoms with Crippen molar-refractivity contribution in [1.82, 2.24) is 5.32 Å². The fourth-order valence-electron chi connectivity index (χ4n) is 2.27. The minimum absolute atomic E-state index is 0.0140. The van der Waals surface area contributed by atoms with Gasteiger partial charge in [-0.3, -0.25) is 4.79 Å². The van der Waals surface area contributed by atoms with Gasteiger partial charge in [0.05, 0.1) is 12.7 Å². The summed E-state index contributed by atoms with van der Waals surface area (Å²) >= 11 is 3.20. The van der Waals surface area contributed by atoms with E-state index in [1.165, 1.54) is 6.07 Å². The molecule has 1 saturated heterocycles. The van der Waals surface area contributed by atoms with Gasteiger partial charge in [0, 0.05) is 17.3 Å². The van der Waals surface area contributed by atoms with Gasteiger partial charge in [0.2, 0.25) is 0 Å². The van der Waals surface area contributed by atoms with E-state index in [-0.39, 0.29) is 24.1 Å². The van der Waals surface area contributed by atoms with Crippen LogP contribution in [0.15, 0.2) is 22.7 Å². The van der Waals surface area contributed by atoms with Crippen molar-refractivity contribution in [1.29, 1.82) is 0 Å². The molecule has 0 spiro atoms. The number of nitrogens with one attached hydrogen (secondary N) is 1. The molecule has 0 amide bonds. The topological polar surface area (TPSA) is 38.3 Å². The van der Waals surface area contributed by atoms with E-state index in [0.717, 1.165) is 25.9 Å². The lowest BCUT2D eigenvalue weighted by molar-refractivity contribution is -0.120. The Labute approximate surface area is 127 Å². The summed E-state index contributed by atoms with van der Waals surface area (Å²) in [5.41, 5.74) is 0.445. The molecule has 1 aliphatic heterocycles. The first-order chi connectivity index (χ1) is 9.65. The highest BCUT2D eigenvalue weighted by Gasteiger charge is 2.14. The van der Waals surface area contributed by atoms with Crippen molar-refractivity contribution in [3.05, 3.63) is 34.1 Å². The second kappa shape index (κ2) is 7.86. The van der Waals surface area contributed by atoms with Crippen LogP contribution in [-0.2, 0) is 16.0 Å². The molecule has 1 aliphatic rings. The number of piperidine rings is 1. The highest BCUT2D eigenvalue weighted by atomic mass is 79.9. The highest BCUT2D eigenvalue weighted by Crippen LogP contribution is 2.16. The number of carbonyl (C=O) groups excluding carboxylic acids is 1. The maximum atomic E-state index is 13.6. The molecule has 0 radical (unpaired) electrons. The van der Waals surface area contributed by atoms with Crippen LogP contribution in [0.5, 0.6) is 0 Å². The lowest BCUT2D eigenvalue weighted by atomic mass is 10.1. The molecule has 110 valence electrons. The molecule has 2 rings (SSSR count). The van der Waals surface area contributed by atoms with Gasteiger partial charge in [-0.05, 0) is 43.6 Å². The zero-order valence-electron chi connectivity index (χ0n) is 11.3. The summed E-state index contributed by atoms with van der Waals surface area (Å²) in [7, 11) is 0. The number of ketones is 1. The van der Waals surface area contributed by atoms with Gasteiger partial charge in [-0.25, -0.2) is 4.39 Å². The number of Topliss-reactive ketones (excluding diaryl/α,β-unsaturated/α-hetero) is 1. The standard InChI is InChI=1S/C15H19BrFNO2/c16-12-2-1-11(15(17)10-12)9-13(19)5-8-20-14-3-6-18-7-4-14/h1-2,10,14,18H,3-9H2. The maximum Gasteiger partial charge on any atom is 0.139 e. The molecule has 3 nitrogen and oxygen atoms in total. The Bertz CT molecular complexity index is 461. The number of halogens is 2. The summed E-state index contributed by atoms with van der Waals surface area (Å²) in [6.07, 6.45) is 2.73. The van der Waals surface area contributed by atoms with Crippen LogP contribution < -0.4 is 5.32 Å². The molecular weight excluding hydrogens is 325 g/mol. The Morgan fingerprint density at radius 2 is 2.15 bits per heavy atom. The van der Waals surface area contributed by atoms with Gasteiger partial charge in [-0.2, -0.15) is 0 Å². The SMILES string of the molecule is O=C(CCOC1CCNCC1)Cc1ccc(Br)cc1F. The largest absolute Gasteiger partial charge is 0.378 e. The van der Waals surface area contributed by atoms with Gasteiger partial charge < -0.3 is 10.1 Å². The van der Waals surface area contributed by atoms with Crippen LogP contribution in [0.4, 0.5) is 4.39 Å². The van der Waals surface area contributed by atoms with Crippen molar-refractivity contribution in [3.63, 3.8) is 0 Å². The van der Waals surface area contributed by atoms with E-state index >= 15 is 0 Å². The third kappa shape index (κ3) is 4.96. The third-order valence-electron chi connectivity index (χ3n) is 3.42. The van der Waals surface area contributed by atoms with E-state index in [2.05, 4.69) is 21.2 Å². The van der Waals surface area contributed by atoms with Crippen LogP contribution in [0, 0.1) is 5.82 Å². The normalized spacial score (nSPS) is 16.3. The minimum Gasteiger partial charge on any atom is -0.378 e. The van der Waals surface area contributed by atoms with E-state index in [1.807, 2.05) is 0 Å². The van der Waals surface area contributed by atoms with Gasteiger partial charge in [0.25, 0.3) is 0 Å². The Kier molecular flexibility index (Phi) is 6.13. The molecule has 1 aromatic carbocycles. The number of ether oxygens (including phenoxy) is 1. The summed E-state index contributed by atoms with van der Waals surface area (Å²) < 4.78 is 20.0. The lowest BCUT2D eigenvalue weighted by Gasteiger charge is -2.22. The van der Waals surface area contributed by atoms with Gasteiger partial charge in [0.1, 0.15) is 11.6 Å². The molecule has 0 unspecified atom stereocenters. The zero-order valence-corrected chi connectivity index (χ0v) is 12.9. The fourth-order valence-corrected chi connectivity index (χ4v) is 2.60. The van der Waals surface area contributed by atoms with E-state index in [9.17, 15) is 9.18 Å². The molecule has 0 aromatic heterocycles. The molecule has 1 N–H and O–H groups in total. The molecule has 0 bridgehead atoms. The van der Waals surface area contributed by atoms with E-state index in [0.29, 0.717) is 23.1 Å². The van der Waals surface area contributed by atoms with Crippen molar-refractivity contribution in [2.24, 2.45) is 0 Å². The maximum absolute atomic E-state index is 13.6. The number of hydrogen-bond donors (Lipinski definition) is 1. The van der Waals surface area contributed by atoms with Crippen LogP contribution in [-0.4, -0.2) is 31.6 Å². The second-order valence-corrected chi connectivity index (χ2v) is 5.94. The summed E-state index contributed by atoms with van der Waals surface area (Å²) in [6.45, 7) is 2.38. The van der Waals surface area contributed by atoms with Gasteiger partial charge in [-0.15, -0.1) is 0 Å². The first kappa shape index (κ1) is 15.6. The second-order valence-electron chi connectivity index (χ2n) is 5.02. The summed E-state index contributed by atoms with van der Waals surface area (Å²) in [5.74, 6) is -0.327. The number of rotatable bonds is 6. The lowest BCUT2D eigenvalue weighted by Crippen LogP contribution is -2.32. The number of hydrogen-bond acceptors (Lipinski definition) is 3. The highest BCUT2D eigenvalue weighted by molar-refractivity contribution is 9.10. The molecule has 0 aliphatic carbocycles. The Balaban J connectivity index is 1.72. The van der Waals surface area contributed by atoms with Crippen molar-refractivity contribution in [2.75, 3.05) is 19.7 Å². The molecule has 20 heavy (non-hydrogen) atoms. The van der Waals surface area contributed by atoms with Gasteiger partial charge in [0.15, 0.2) is 0 Å². The molecule has 5 heteroatoms. The fraction of sp³-hybridized carbons (Fsp3) is 0.533. The van der Waals surface area contributed by atoms with Crippen LogP contribution in [0.25, 0.3) is 0 Å². The van der Waals surface area contributed by atoms with Crippen molar-refractivity contribution in [3.8, 4) is 0 Å². The molecular formula is C15H19BrFNO2. The van der Waals surface area contributed by atoms with E-state index in [4.69, 9.17) is 4.74 Å². The molecule has 0 saturated carbocycles. The Hall–Kier alpha value is -0.780. The smallest absolute Gasteiger partial charge is 0.139 e. The average Bonchev–Trinajstić information content (AvgIpc) is 2.43. The number of carbonyl (C=O) groups is 1. The number of benzene rings is 1. The summed E-state index contributed by atoms with van der Waals surface area (Å²) in [6, 6.07) is 4.77. The molecule has 1 fully saturated rings. The predicted molar refractivity (Wildman–Crippen MR) is 79.3 cm³/mol. The quantitative estimate of drug-likeness (QED) is 0.863. The Morgan fingerprint density at radius 1 is 1.40 bits per heavy atom. The van der Waals surface area contributed by atoms with Gasteiger partial charge in [-0.1, -0.05) is 22.0 Å². The Morgan fingerprint density at radius 3 is 2.85 bits per heavy atom. The van der Waals surface area contributed by atoms with Crippen LogP contribution in [0.2, 0.25) is 0 Å². The van der Waals surface area contributed by atoms with Crippen molar-refractivity contribution in [2.45, 2.75) is 31.8 Å². The summed E-state index contributed by atoms with van der Waals surface area (Å²) in [4.78, 5) is 11.8. The minimum atomic E-state index is -0.341. The van der Waals surface area contributed by atoms with E-state index < -0.39 is 0 Å².